The Morgan fingerprint density at radius 1 is 1.08 bits per heavy atom. The van der Waals surface area contributed by atoms with Gasteiger partial charge < -0.3 is 10.6 Å². The van der Waals surface area contributed by atoms with E-state index in [1.54, 1.807) is 18.6 Å². The summed E-state index contributed by atoms with van der Waals surface area (Å²) in [5.74, 6) is 0.753. The van der Waals surface area contributed by atoms with Crippen LogP contribution < -0.4 is 10.6 Å². The van der Waals surface area contributed by atoms with E-state index in [1.165, 1.54) is 0 Å². The van der Waals surface area contributed by atoms with Gasteiger partial charge in [0.05, 0.1) is 12.2 Å². The van der Waals surface area contributed by atoms with Crippen molar-refractivity contribution in [2.75, 3.05) is 10.6 Å². The number of rotatable bonds is 6. The van der Waals surface area contributed by atoms with Crippen LogP contribution in [0.2, 0.25) is 0 Å². The number of nitrogens with zero attached hydrogens (tertiary/aromatic N) is 3. The Labute approximate surface area is 147 Å². The molecule has 2 N–H and O–H groups in total. The zero-order valence-electron chi connectivity index (χ0n) is 14.4. The maximum atomic E-state index is 4.31. The third-order valence-electron chi connectivity index (χ3n) is 3.87. The molecule has 2 heterocycles. The molecule has 0 aliphatic carbocycles. The first kappa shape index (κ1) is 16.6. The zero-order valence-corrected chi connectivity index (χ0v) is 14.4. The van der Waals surface area contributed by atoms with Gasteiger partial charge in [-0.2, -0.15) is 0 Å². The monoisotopic (exact) mass is 331 g/mol. The molecule has 5 heteroatoms. The van der Waals surface area contributed by atoms with Crippen LogP contribution in [0.4, 0.5) is 11.5 Å². The highest BCUT2D eigenvalue weighted by Crippen LogP contribution is 2.23. The van der Waals surface area contributed by atoms with Crippen molar-refractivity contribution >= 4 is 17.2 Å². The van der Waals surface area contributed by atoms with Crippen LogP contribution in [-0.2, 0) is 0 Å². The van der Waals surface area contributed by atoms with E-state index in [2.05, 4.69) is 51.2 Å². The van der Waals surface area contributed by atoms with Gasteiger partial charge >= 0.3 is 0 Å². The molecule has 0 bridgehead atoms. The van der Waals surface area contributed by atoms with E-state index in [1.807, 2.05) is 37.4 Å². The van der Waals surface area contributed by atoms with Crippen molar-refractivity contribution in [1.82, 2.24) is 15.0 Å². The number of nitrogens with one attached hydrogen (secondary N) is 2. The van der Waals surface area contributed by atoms with Gasteiger partial charge in [-0.25, -0.2) is 4.98 Å². The Morgan fingerprint density at radius 3 is 2.68 bits per heavy atom. The summed E-state index contributed by atoms with van der Waals surface area (Å²) in [4.78, 5) is 12.6. The first-order valence-electron chi connectivity index (χ1n) is 8.13. The summed E-state index contributed by atoms with van der Waals surface area (Å²) in [6.07, 6.45) is 6.87. The lowest BCUT2D eigenvalue weighted by Crippen LogP contribution is -2.08. The second-order valence-corrected chi connectivity index (χ2v) is 5.87. The van der Waals surface area contributed by atoms with Crippen LogP contribution in [0.1, 0.15) is 29.8 Å². The van der Waals surface area contributed by atoms with E-state index in [9.17, 15) is 0 Å². The Kier molecular flexibility index (Phi) is 5.04. The molecule has 0 saturated heterocycles. The number of benzene rings is 1. The molecule has 0 spiro atoms. The standard InChI is InChI=1S/C20H21N5/c1-14-7-8-18(12-23-14)16(3)24-19-6-4-5-17(11-19)15(2)25-20-13-21-9-10-22-20/h4-13,15,24H,3H2,1-2H3,(H,22,25). The van der Waals surface area contributed by atoms with E-state index in [0.29, 0.717) is 0 Å². The maximum Gasteiger partial charge on any atom is 0.144 e. The Bertz CT molecular complexity index is 843. The lowest BCUT2D eigenvalue weighted by Gasteiger charge is -2.16. The molecular formula is C20H21N5. The van der Waals surface area contributed by atoms with Gasteiger partial charge in [0.15, 0.2) is 0 Å². The van der Waals surface area contributed by atoms with Crippen LogP contribution in [0.25, 0.3) is 5.70 Å². The summed E-state index contributed by atoms with van der Waals surface area (Å²) < 4.78 is 0. The molecule has 3 rings (SSSR count). The normalized spacial score (nSPS) is 11.6. The highest BCUT2D eigenvalue weighted by Gasteiger charge is 2.08. The minimum atomic E-state index is 0.104. The smallest absolute Gasteiger partial charge is 0.144 e. The molecule has 5 nitrogen and oxygen atoms in total. The predicted molar refractivity (Wildman–Crippen MR) is 102 cm³/mol. The number of pyridine rings is 1. The third-order valence-corrected chi connectivity index (χ3v) is 3.87. The molecule has 0 aliphatic rings. The van der Waals surface area contributed by atoms with Crippen LogP contribution in [0.5, 0.6) is 0 Å². The molecule has 126 valence electrons. The van der Waals surface area contributed by atoms with Gasteiger partial charge in [0.2, 0.25) is 0 Å². The summed E-state index contributed by atoms with van der Waals surface area (Å²) >= 11 is 0. The second-order valence-electron chi connectivity index (χ2n) is 5.87. The van der Waals surface area contributed by atoms with Crippen molar-refractivity contribution < 1.29 is 0 Å². The molecule has 0 radical (unpaired) electrons. The lowest BCUT2D eigenvalue weighted by atomic mass is 10.1. The molecule has 1 unspecified atom stereocenters. The average Bonchev–Trinajstić information content (AvgIpc) is 2.63. The van der Waals surface area contributed by atoms with Gasteiger partial charge in [0.25, 0.3) is 0 Å². The molecule has 1 atom stereocenters. The summed E-state index contributed by atoms with van der Waals surface area (Å²) in [7, 11) is 0. The quantitative estimate of drug-likeness (QED) is 0.699. The number of aromatic nitrogens is 3. The predicted octanol–water partition coefficient (Wildman–Crippen LogP) is 4.44. The summed E-state index contributed by atoms with van der Waals surface area (Å²) in [6.45, 7) is 8.16. The summed E-state index contributed by atoms with van der Waals surface area (Å²) in [6, 6.07) is 12.3. The number of aryl methyl sites for hydroxylation is 1. The van der Waals surface area contributed by atoms with Gasteiger partial charge in [0, 0.05) is 41.2 Å². The molecule has 25 heavy (non-hydrogen) atoms. The van der Waals surface area contributed by atoms with E-state index in [4.69, 9.17) is 0 Å². The largest absolute Gasteiger partial charge is 0.362 e. The van der Waals surface area contributed by atoms with E-state index >= 15 is 0 Å². The topological polar surface area (TPSA) is 62.7 Å². The fourth-order valence-corrected chi connectivity index (χ4v) is 2.46. The summed E-state index contributed by atoms with van der Waals surface area (Å²) in [5, 5.41) is 6.69. The van der Waals surface area contributed by atoms with Crippen LogP contribution in [-0.4, -0.2) is 15.0 Å². The maximum absolute atomic E-state index is 4.31. The molecule has 0 amide bonds. The van der Waals surface area contributed by atoms with Crippen LogP contribution in [0, 0.1) is 6.92 Å². The lowest BCUT2D eigenvalue weighted by molar-refractivity contribution is 0.872. The van der Waals surface area contributed by atoms with Crippen molar-refractivity contribution in [3.63, 3.8) is 0 Å². The van der Waals surface area contributed by atoms with Crippen molar-refractivity contribution in [2.45, 2.75) is 19.9 Å². The van der Waals surface area contributed by atoms with E-state index in [0.717, 1.165) is 34.0 Å². The van der Waals surface area contributed by atoms with Crippen molar-refractivity contribution in [1.29, 1.82) is 0 Å². The Hall–Kier alpha value is -3.21. The first-order chi connectivity index (χ1) is 12.1. The molecule has 2 aromatic heterocycles. The molecule has 0 aliphatic heterocycles. The van der Waals surface area contributed by atoms with Crippen LogP contribution in [0.15, 0.2) is 67.8 Å². The average molecular weight is 331 g/mol. The molecule has 1 aromatic carbocycles. The Balaban J connectivity index is 1.70. The molecule has 0 fully saturated rings. The second kappa shape index (κ2) is 7.57. The van der Waals surface area contributed by atoms with E-state index in [-0.39, 0.29) is 6.04 Å². The van der Waals surface area contributed by atoms with Crippen LogP contribution >= 0.6 is 0 Å². The zero-order chi connectivity index (χ0) is 17.6. The highest BCUT2D eigenvalue weighted by atomic mass is 15.0. The van der Waals surface area contributed by atoms with Gasteiger partial charge in [0.1, 0.15) is 5.82 Å². The number of hydrogen-bond acceptors (Lipinski definition) is 5. The van der Waals surface area contributed by atoms with Crippen molar-refractivity contribution in [3.8, 4) is 0 Å². The first-order valence-corrected chi connectivity index (χ1v) is 8.13. The minimum Gasteiger partial charge on any atom is -0.362 e. The molecule has 3 aromatic rings. The molecule has 0 saturated carbocycles. The van der Waals surface area contributed by atoms with Gasteiger partial charge in [-0.05, 0) is 43.7 Å². The van der Waals surface area contributed by atoms with Gasteiger partial charge in [-0.3, -0.25) is 9.97 Å². The van der Waals surface area contributed by atoms with Gasteiger partial charge in [-0.15, -0.1) is 0 Å². The SMILES string of the molecule is C=C(Nc1cccc(C(C)Nc2cnccn2)c1)c1ccc(C)nc1. The van der Waals surface area contributed by atoms with E-state index < -0.39 is 0 Å². The van der Waals surface area contributed by atoms with Crippen LogP contribution in [0.3, 0.4) is 0 Å². The van der Waals surface area contributed by atoms with Crippen molar-refractivity contribution in [3.05, 3.63) is 84.6 Å². The molecular weight excluding hydrogens is 310 g/mol. The fraction of sp³-hybridized carbons (Fsp3) is 0.150. The Morgan fingerprint density at radius 2 is 1.96 bits per heavy atom. The number of hydrogen-bond donors (Lipinski definition) is 2. The van der Waals surface area contributed by atoms with Crippen molar-refractivity contribution in [2.24, 2.45) is 0 Å². The fourth-order valence-electron chi connectivity index (χ4n) is 2.46. The number of anilines is 2. The van der Waals surface area contributed by atoms with Gasteiger partial charge in [-0.1, -0.05) is 18.7 Å². The highest BCUT2D eigenvalue weighted by molar-refractivity contribution is 5.75. The summed E-state index contributed by atoms with van der Waals surface area (Å²) in [5.41, 5.74) is 4.91. The minimum absolute atomic E-state index is 0.104. The third kappa shape index (κ3) is 4.41.